The van der Waals surface area contributed by atoms with E-state index in [1.54, 1.807) is 23.9 Å². The van der Waals surface area contributed by atoms with Crippen molar-refractivity contribution in [2.45, 2.75) is 43.8 Å². The molecule has 7 nitrogen and oxygen atoms in total. The minimum Gasteiger partial charge on any atom is -0.331 e. The van der Waals surface area contributed by atoms with E-state index in [4.69, 9.17) is 6.57 Å². The lowest BCUT2D eigenvalue weighted by Gasteiger charge is -2.34. The number of rotatable bonds is 5. The first-order chi connectivity index (χ1) is 14.9. The molecular formula is C24H33N5O2. The molecule has 1 aliphatic carbocycles. The van der Waals surface area contributed by atoms with E-state index in [9.17, 15) is 9.59 Å². The summed E-state index contributed by atoms with van der Waals surface area (Å²) >= 11 is 0. The summed E-state index contributed by atoms with van der Waals surface area (Å²) < 4.78 is 0. The molecule has 31 heavy (non-hydrogen) atoms. The monoisotopic (exact) mass is 423 g/mol. The van der Waals surface area contributed by atoms with E-state index in [2.05, 4.69) is 34.4 Å². The molecule has 0 bridgehead atoms. The number of fused-ring (bicyclic) bond motifs is 1. The molecule has 3 fully saturated rings. The molecule has 0 spiro atoms. The normalized spacial score (nSPS) is 29.6. The van der Waals surface area contributed by atoms with E-state index in [1.807, 2.05) is 11.0 Å². The second-order valence-corrected chi connectivity index (χ2v) is 9.65. The predicted molar refractivity (Wildman–Crippen MR) is 119 cm³/mol. The number of urea groups is 1. The Morgan fingerprint density at radius 3 is 2.48 bits per heavy atom. The highest BCUT2D eigenvalue weighted by Gasteiger charge is 2.50. The lowest BCUT2D eigenvalue weighted by molar-refractivity contribution is -0.130. The summed E-state index contributed by atoms with van der Waals surface area (Å²) in [5, 5.41) is 3.65. The van der Waals surface area contributed by atoms with Crippen molar-refractivity contribution in [1.29, 1.82) is 0 Å². The average molecular weight is 424 g/mol. The van der Waals surface area contributed by atoms with Gasteiger partial charge in [0.25, 0.3) is 0 Å². The van der Waals surface area contributed by atoms with Gasteiger partial charge in [-0.1, -0.05) is 30.3 Å². The van der Waals surface area contributed by atoms with Gasteiger partial charge in [0.05, 0.1) is 6.54 Å². The summed E-state index contributed by atoms with van der Waals surface area (Å²) in [5.41, 5.74) is 1.12. The molecule has 1 aromatic rings. The molecular weight excluding hydrogens is 390 g/mol. The number of hydrogen-bond acceptors (Lipinski definition) is 3. The van der Waals surface area contributed by atoms with Crippen LogP contribution in [0.3, 0.4) is 0 Å². The SMILES string of the molecule is [C-]#[N+][C@@H]1CCCN1C(=O)CNC1(Cc2ccccc2)C[C@H]2CN(C(=O)N(C)C)C[C@H]2C1. The Labute approximate surface area is 185 Å². The third-order valence-electron chi connectivity index (χ3n) is 7.23. The maximum absolute atomic E-state index is 12.9. The number of hydrogen-bond donors (Lipinski definition) is 1. The van der Waals surface area contributed by atoms with E-state index in [1.165, 1.54) is 5.56 Å². The largest absolute Gasteiger partial charge is 0.331 e. The van der Waals surface area contributed by atoms with Gasteiger partial charge in [0.2, 0.25) is 5.91 Å². The molecule has 0 aromatic heterocycles. The lowest BCUT2D eigenvalue weighted by Crippen LogP contribution is -2.51. The van der Waals surface area contributed by atoms with Crippen molar-refractivity contribution in [3.8, 4) is 0 Å². The van der Waals surface area contributed by atoms with Crippen LogP contribution in [0.4, 0.5) is 4.79 Å². The highest BCUT2D eigenvalue weighted by Crippen LogP contribution is 2.45. The maximum Gasteiger partial charge on any atom is 0.319 e. The second-order valence-electron chi connectivity index (χ2n) is 9.65. The molecule has 2 heterocycles. The zero-order valence-electron chi connectivity index (χ0n) is 18.6. The number of amides is 3. The van der Waals surface area contributed by atoms with Crippen LogP contribution in [-0.4, -0.2) is 78.6 Å². The van der Waals surface area contributed by atoms with Crippen LogP contribution in [0.2, 0.25) is 0 Å². The van der Waals surface area contributed by atoms with Gasteiger partial charge < -0.3 is 15.1 Å². The summed E-state index contributed by atoms with van der Waals surface area (Å²) in [7, 11) is 3.61. The Morgan fingerprint density at radius 2 is 1.87 bits per heavy atom. The first-order valence-corrected chi connectivity index (χ1v) is 11.3. The number of likely N-dealkylation sites (tertiary alicyclic amines) is 2. The van der Waals surface area contributed by atoms with Gasteiger partial charge in [0.1, 0.15) is 0 Å². The van der Waals surface area contributed by atoms with Crippen LogP contribution in [0, 0.1) is 18.4 Å². The van der Waals surface area contributed by atoms with Gasteiger partial charge in [-0.3, -0.25) is 14.5 Å². The minimum absolute atomic E-state index is 0.0346. The fourth-order valence-corrected chi connectivity index (χ4v) is 5.80. The number of nitrogens with one attached hydrogen (secondary N) is 1. The molecule has 4 rings (SSSR count). The maximum atomic E-state index is 12.9. The molecule has 3 amide bonds. The van der Waals surface area contributed by atoms with Gasteiger partial charge in [-0.15, -0.1) is 0 Å². The molecule has 0 radical (unpaired) electrons. The Morgan fingerprint density at radius 1 is 1.19 bits per heavy atom. The van der Waals surface area contributed by atoms with Crippen LogP contribution >= 0.6 is 0 Å². The Balaban J connectivity index is 1.45. The van der Waals surface area contributed by atoms with Crippen molar-refractivity contribution in [2.24, 2.45) is 11.8 Å². The smallest absolute Gasteiger partial charge is 0.319 e. The van der Waals surface area contributed by atoms with Gasteiger partial charge in [0.15, 0.2) is 0 Å². The van der Waals surface area contributed by atoms with Gasteiger partial charge in [-0.25, -0.2) is 11.4 Å². The summed E-state index contributed by atoms with van der Waals surface area (Å²) in [6.07, 6.45) is 4.19. The van der Waals surface area contributed by atoms with E-state index < -0.39 is 0 Å². The number of nitrogens with zero attached hydrogens (tertiary/aromatic N) is 4. The average Bonchev–Trinajstić information content (AvgIpc) is 3.46. The van der Waals surface area contributed by atoms with Crippen LogP contribution in [0.5, 0.6) is 0 Å². The van der Waals surface area contributed by atoms with E-state index in [-0.39, 0.29) is 30.2 Å². The molecule has 7 heteroatoms. The van der Waals surface area contributed by atoms with Gasteiger partial charge in [-0.05, 0) is 43.1 Å². The third kappa shape index (κ3) is 4.54. The molecule has 1 unspecified atom stereocenters. The van der Waals surface area contributed by atoms with Crippen LogP contribution in [-0.2, 0) is 11.2 Å². The fourth-order valence-electron chi connectivity index (χ4n) is 5.80. The summed E-state index contributed by atoms with van der Waals surface area (Å²) in [5.74, 6) is 0.948. The van der Waals surface area contributed by atoms with Gasteiger partial charge in [0, 0.05) is 45.7 Å². The quantitative estimate of drug-likeness (QED) is 0.740. The van der Waals surface area contributed by atoms with Gasteiger partial charge >= 0.3 is 12.2 Å². The van der Waals surface area contributed by atoms with Crippen molar-refractivity contribution in [1.82, 2.24) is 20.0 Å². The molecule has 1 N–H and O–H groups in total. The summed E-state index contributed by atoms with van der Waals surface area (Å²) in [4.78, 5) is 34.3. The highest BCUT2D eigenvalue weighted by molar-refractivity contribution is 5.79. The number of carbonyl (C=O) groups excluding carboxylic acids is 2. The van der Waals surface area contributed by atoms with E-state index >= 15 is 0 Å². The predicted octanol–water partition coefficient (Wildman–Crippen LogP) is 2.45. The van der Waals surface area contributed by atoms with Crippen molar-refractivity contribution < 1.29 is 9.59 Å². The molecule has 4 atom stereocenters. The Kier molecular flexibility index (Phi) is 6.19. The second kappa shape index (κ2) is 8.88. The zero-order chi connectivity index (χ0) is 22.0. The fraction of sp³-hybridized carbons (Fsp3) is 0.625. The van der Waals surface area contributed by atoms with Crippen LogP contribution in [0.15, 0.2) is 30.3 Å². The van der Waals surface area contributed by atoms with Crippen molar-refractivity contribution in [3.05, 3.63) is 47.3 Å². The molecule has 1 aromatic carbocycles. The first-order valence-electron chi connectivity index (χ1n) is 11.3. The van der Waals surface area contributed by atoms with E-state index in [0.717, 1.165) is 45.2 Å². The Bertz CT molecular complexity index is 835. The number of benzene rings is 1. The van der Waals surface area contributed by atoms with Gasteiger partial charge in [-0.2, -0.15) is 0 Å². The van der Waals surface area contributed by atoms with Crippen molar-refractivity contribution in [3.63, 3.8) is 0 Å². The molecule has 2 aliphatic heterocycles. The summed E-state index contributed by atoms with van der Waals surface area (Å²) in [6.45, 7) is 9.90. The third-order valence-corrected chi connectivity index (χ3v) is 7.23. The van der Waals surface area contributed by atoms with Crippen LogP contribution in [0.25, 0.3) is 4.85 Å². The van der Waals surface area contributed by atoms with E-state index in [0.29, 0.717) is 18.4 Å². The zero-order valence-corrected chi connectivity index (χ0v) is 18.6. The first kappa shape index (κ1) is 21.6. The van der Waals surface area contributed by atoms with Crippen LogP contribution in [0.1, 0.15) is 31.2 Å². The minimum atomic E-state index is -0.298. The standard InChI is InChI=1S/C24H33N5O2/c1-25-21-10-7-11-29(21)22(30)15-26-24(12-18-8-5-4-6-9-18)13-19-16-28(17-20(19)14-24)23(31)27(2)3/h4-6,8-9,19-21,26H,7,10-17H2,2-3H3/t19-,20+,21-,24?/m0/s1. The Hall–Kier alpha value is -2.59. The van der Waals surface area contributed by atoms with Crippen molar-refractivity contribution in [2.75, 3.05) is 40.3 Å². The molecule has 166 valence electrons. The summed E-state index contributed by atoms with van der Waals surface area (Å²) in [6, 6.07) is 10.5. The molecule has 2 saturated heterocycles. The molecule has 1 saturated carbocycles. The lowest BCUT2D eigenvalue weighted by atomic mass is 9.87. The highest BCUT2D eigenvalue weighted by atomic mass is 16.2. The number of carbonyl (C=O) groups is 2. The molecule has 3 aliphatic rings. The van der Waals surface area contributed by atoms with Crippen molar-refractivity contribution >= 4 is 11.9 Å². The topological polar surface area (TPSA) is 60.3 Å². The van der Waals surface area contributed by atoms with Crippen LogP contribution < -0.4 is 5.32 Å².